The first-order chi connectivity index (χ1) is 11.1. The number of carbonyl (C=O) groups is 2. The number of nitrogens with zero attached hydrogens (tertiary/aromatic N) is 1. The van der Waals surface area contributed by atoms with Gasteiger partial charge in [0.25, 0.3) is 5.91 Å². The Morgan fingerprint density at radius 3 is 2.35 bits per heavy atom. The van der Waals surface area contributed by atoms with Crippen molar-refractivity contribution in [2.45, 2.75) is 20.8 Å². The van der Waals surface area contributed by atoms with Crippen molar-refractivity contribution in [3.8, 4) is 16.9 Å². The van der Waals surface area contributed by atoms with E-state index in [4.69, 9.17) is 4.74 Å². The van der Waals surface area contributed by atoms with Crippen LogP contribution in [0.5, 0.6) is 5.75 Å². The van der Waals surface area contributed by atoms with Crippen LogP contribution < -0.4 is 4.74 Å². The van der Waals surface area contributed by atoms with Crippen LogP contribution in [0.3, 0.4) is 0 Å². The van der Waals surface area contributed by atoms with Gasteiger partial charge in [0.1, 0.15) is 5.75 Å². The zero-order chi connectivity index (χ0) is 16.8. The lowest BCUT2D eigenvalue weighted by atomic mass is 10.0. The average Bonchev–Trinajstić information content (AvgIpc) is 2.56. The molecule has 4 nitrogen and oxygen atoms in total. The number of hydrogen-bond acceptors (Lipinski definition) is 3. The van der Waals surface area contributed by atoms with E-state index in [1.54, 1.807) is 17.0 Å². The molecular formula is C19H21NO3. The number of ether oxygens (including phenoxy) is 1. The summed E-state index contributed by atoms with van der Waals surface area (Å²) < 4.78 is 5.26. The molecule has 0 fully saturated rings. The first-order valence-corrected chi connectivity index (χ1v) is 7.74. The molecule has 0 heterocycles. The first-order valence-electron chi connectivity index (χ1n) is 7.74. The molecule has 0 spiro atoms. The van der Waals surface area contributed by atoms with Gasteiger partial charge in [0.2, 0.25) is 0 Å². The molecule has 0 aliphatic carbocycles. The minimum atomic E-state index is -0.368. The predicted octanol–water partition coefficient (Wildman–Crippen LogP) is 3.76. The van der Waals surface area contributed by atoms with E-state index in [1.165, 1.54) is 6.92 Å². The molecule has 0 unspecified atom stereocenters. The van der Waals surface area contributed by atoms with Gasteiger partial charge in [-0.1, -0.05) is 30.3 Å². The molecule has 0 saturated heterocycles. The molecule has 120 valence electrons. The van der Waals surface area contributed by atoms with Crippen molar-refractivity contribution in [2.24, 2.45) is 0 Å². The monoisotopic (exact) mass is 311 g/mol. The Labute approximate surface area is 136 Å². The summed E-state index contributed by atoms with van der Waals surface area (Å²) >= 11 is 0. The van der Waals surface area contributed by atoms with Crippen LogP contribution in [0.15, 0.2) is 48.5 Å². The highest BCUT2D eigenvalue weighted by Gasteiger charge is 2.14. The van der Waals surface area contributed by atoms with Gasteiger partial charge in [-0.15, -0.1) is 0 Å². The molecule has 0 saturated carbocycles. The van der Waals surface area contributed by atoms with Gasteiger partial charge in [-0.25, -0.2) is 0 Å². The van der Waals surface area contributed by atoms with Crippen LogP contribution >= 0.6 is 0 Å². The zero-order valence-electron chi connectivity index (χ0n) is 13.7. The molecule has 4 heteroatoms. The van der Waals surface area contributed by atoms with E-state index < -0.39 is 0 Å². The number of rotatable bonds is 5. The summed E-state index contributed by atoms with van der Waals surface area (Å²) in [6.45, 7) is 6.63. The lowest BCUT2D eigenvalue weighted by Crippen LogP contribution is -2.30. The van der Waals surface area contributed by atoms with E-state index in [1.807, 2.05) is 50.2 Å². The van der Waals surface area contributed by atoms with Crippen LogP contribution in [-0.4, -0.2) is 29.9 Å². The molecule has 0 aromatic heterocycles. The van der Waals surface area contributed by atoms with Crippen molar-refractivity contribution in [3.05, 3.63) is 54.1 Å². The average molecular weight is 311 g/mol. The molecule has 0 radical (unpaired) electrons. The first kappa shape index (κ1) is 16.7. The molecule has 0 N–H and O–H groups in total. The third-order valence-electron chi connectivity index (χ3n) is 3.61. The van der Waals surface area contributed by atoms with Crippen LogP contribution in [0.2, 0.25) is 0 Å². The number of hydrogen-bond donors (Lipinski definition) is 0. The highest BCUT2D eigenvalue weighted by molar-refractivity contribution is 5.95. The minimum Gasteiger partial charge on any atom is -0.426 e. The quantitative estimate of drug-likeness (QED) is 0.624. The topological polar surface area (TPSA) is 46.6 Å². The number of carbonyl (C=O) groups excluding carboxylic acids is 2. The summed E-state index contributed by atoms with van der Waals surface area (Å²) in [5, 5.41) is 0. The molecule has 0 atom stereocenters. The van der Waals surface area contributed by atoms with Crippen molar-refractivity contribution < 1.29 is 14.3 Å². The summed E-state index contributed by atoms with van der Waals surface area (Å²) in [5.74, 6) is 0.127. The Morgan fingerprint density at radius 2 is 1.70 bits per heavy atom. The number of esters is 1. The maximum atomic E-state index is 12.5. The summed E-state index contributed by atoms with van der Waals surface area (Å²) in [4.78, 5) is 25.5. The molecule has 2 aromatic rings. The van der Waals surface area contributed by atoms with Gasteiger partial charge in [-0.05, 0) is 37.6 Å². The largest absolute Gasteiger partial charge is 0.426 e. The molecule has 0 aliphatic heterocycles. The smallest absolute Gasteiger partial charge is 0.308 e. The zero-order valence-corrected chi connectivity index (χ0v) is 13.7. The minimum absolute atomic E-state index is 0.00168. The van der Waals surface area contributed by atoms with Crippen molar-refractivity contribution in [3.63, 3.8) is 0 Å². The van der Waals surface area contributed by atoms with Crippen LogP contribution in [0, 0.1) is 0 Å². The van der Waals surface area contributed by atoms with Crippen molar-refractivity contribution in [2.75, 3.05) is 13.1 Å². The summed E-state index contributed by atoms with van der Waals surface area (Å²) in [7, 11) is 0. The molecule has 2 rings (SSSR count). The molecule has 0 bridgehead atoms. The summed E-state index contributed by atoms with van der Waals surface area (Å²) in [5.41, 5.74) is 2.26. The van der Waals surface area contributed by atoms with Gasteiger partial charge in [0, 0.05) is 31.1 Å². The molecular weight excluding hydrogens is 290 g/mol. The molecule has 2 aromatic carbocycles. The van der Waals surface area contributed by atoms with E-state index in [2.05, 4.69) is 0 Å². The third kappa shape index (κ3) is 3.97. The van der Waals surface area contributed by atoms with Gasteiger partial charge >= 0.3 is 5.97 Å². The van der Waals surface area contributed by atoms with Gasteiger partial charge in [-0.3, -0.25) is 9.59 Å². The Morgan fingerprint density at radius 1 is 1.00 bits per heavy atom. The van der Waals surface area contributed by atoms with Crippen molar-refractivity contribution in [1.82, 2.24) is 4.90 Å². The van der Waals surface area contributed by atoms with Gasteiger partial charge in [0.15, 0.2) is 0 Å². The summed E-state index contributed by atoms with van der Waals surface area (Å²) in [6.07, 6.45) is 0. The fraction of sp³-hybridized carbons (Fsp3) is 0.263. The standard InChI is InChI=1S/C19H21NO3/c1-4-20(5-2)19(22)16-10-8-9-15(13-16)17-11-6-7-12-18(17)23-14(3)21/h6-13H,4-5H2,1-3H3. The number of para-hydroxylation sites is 1. The Bertz CT molecular complexity index is 705. The van der Waals surface area contributed by atoms with E-state index >= 15 is 0 Å². The van der Waals surface area contributed by atoms with Crippen LogP contribution in [0.25, 0.3) is 11.1 Å². The van der Waals surface area contributed by atoms with E-state index in [0.29, 0.717) is 24.4 Å². The van der Waals surface area contributed by atoms with Crippen LogP contribution in [0.1, 0.15) is 31.1 Å². The fourth-order valence-electron chi connectivity index (χ4n) is 2.46. The lowest BCUT2D eigenvalue weighted by molar-refractivity contribution is -0.131. The highest BCUT2D eigenvalue weighted by atomic mass is 16.5. The van der Waals surface area contributed by atoms with Crippen molar-refractivity contribution in [1.29, 1.82) is 0 Å². The predicted molar refractivity (Wildman–Crippen MR) is 90.4 cm³/mol. The van der Waals surface area contributed by atoms with E-state index in [-0.39, 0.29) is 11.9 Å². The van der Waals surface area contributed by atoms with Crippen molar-refractivity contribution >= 4 is 11.9 Å². The van der Waals surface area contributed by atoms with E-state index in [0.717, 1.165) is 11.1 Å². The fourth-order valence-corrected chi connectivity index (χ4v) is 2.46. The van der Waals surface area contributed by atoms with Gasteiger partial charge < -0.3 is 9.64 Å². The Hall–Kier alpha value is -2.62. The van der Waals surface area contributed by atoms with Crippen LogP contribution in [0.4, 0.5) is 0 Å². The maximum Gasteiger partial charge on any atom is 0.308 e. The second kappa shape index (κ2) is 7.58. The highest BCUT2D eigenvalue weighted by Crippen LogP contribution is 2.30. The Kier molecular flexibility index (Phi) is 5.52. The molecule has 0 aliphatic rings. The van der Waals surface area contributed by atoms with Gasteiger partial charge in [-0.2, -0.15) is 0 Å². The SMILES string of the molecule is CCN(CC)C(=O)c1cccc(-c2ccccc2OC(C)=O)c1. The van der Waals surface area contributed by atoms with E-state index in [9.17, 15) is 9.59 Å². The number of amides is 1. The number of benzene rings is 2. The maximum absolute atomic E-state index is 12.5. The van der Waals surface area contributed by atoms with Crippen LogP contribution in [-0.2, 0) is 4.79 Å². The summed E-state index contributed by atoms with van der Waals surface area (Å²) in [6, 6.07) is 14.7. The molecule has 23 heavy (non-hydrogen) atoms. The van der Waals surface area contributed by atoms with Gasteiger partial charge in [0.05, 0.1) is 0 Å². The second-order valence-electron chi connectivity index (χ2n) is 5.15. The third-order valence-corrected chi connectivity index (χ3v) is 3.61. The normalized spacial score (nSPS) is 10.2. The molecule has 1 amide bonds. The lowest BCUT2D eigenvalue weighted by Gasteiger charge is -2.19. The second-order valence-corrected chi connectivity index (χ2v) is 5.15. The Balaban J connectivity index is 2.41.